The Bertz CT molecular complexity index is 649. The Hall–Kier alpha value is -1.88. The molecule has 5 heteroatoms. The van der Waals surface area contributed by atoms with E-state index in [1.165, 1.54) is 0 Å². The predicted octanol–water partition coefficient (Wildman–Crippen LogP) is 1.09. The van der Waals surface area contributed by atoms with Gasteiger partial charge in [-0.3, -0.25) is 9.59 Å². The smallest absolute Gasteiger partial charge is 0.308 e. The Labute approximate surface area is 135 Å². The predicted molar refractivity (Wildman–Crippen MR) is 85.0 cm³/mol. The van der Waals surface area contributed by atoms with Crippen LogP contribution in [0.5, 0.6) is 0 Å². The topological polar surface area (TPSA) is 69.6 Å². The number of nitrogens with one attached hydrogen (secondary N) is 1. The van der Waals surface area contributed by atoms with Gasteiger partial charge in [0.1, 0.15) is 0 Å². The monoisotopic (exact) mass is 314 g/mol. The highest BCUT2D eigenvalue weighted by atomic mass is 16.4. The normalized spacial score (nSPS) is 35.2. The summed E-state index contributed by atoms with van der Waals surface area (Å²) < 4.78 is 0. The van der Waals surface area contributed by atoms with Crippen molar-refractivity contribution in [1.29, 1.82) is 0 Å². The third kappa shape index (κ3) is 2.34. The lowest BCUT2D eigenvalue weighted by Crippen LogP contribution is -2.34. The number of fused-ring (bicyclic) bond motifs is 1. The van der Waals surface area contributed by atoms with Crippen molar-refractivity contribution in [3.05, 3.63) is 35.4 Å². The van der Waals surface area contributed by atoms with Gasteiger partial charge in [-0.2, -0.15) is 0 Å². The standard InChI is InChI=1S/C18H22N2O3/c1-10-4-2-3-5-11(10)14-8-20(9-15(14)18(22)23)17(21)16-12-6-19-7-13(12)16/h2-5,12-16,19H,6-9H2,1H3,(H,22,23)/t12-,13+,14-,15+,16?/m0/s1. The first-order valence-corrected chi connectivity index (χ1v) is 8.35. The van der Waals surface area contributed by atoms with E-state index in [9.17, 15) is 14.7 Å². The summed E-state index contributed by atoms with van der Waals surface area (Å²) in [6, 6.07) is 7.92. The average molecular weight is 314 g/mol. The van der Waals surface area contributed by atoms with Gasteiger partial charge in [-0.25, -0.2) is 0 Å². The summed E-state index contributed by atoms with van der Waals surface area (Å²) in [5, 5.41) is 12.9. The maximum Gasteiger partial charge on any atom is 0.308 e. The fraction of sp³-hybridized carbons (Fsp3) is 0.556. The summed E-state index contributed by atoms with van der Waals surface area (Å²) in [6.45, 7) is 4.74. The zero-order chi connectivity index (χ0) is 16.1. The van der Waals surface area contributed by atoms with Gasteiger partial charge in [0.2, 0.25) is 5.91 Å². The number of carbonyl (C=O) groups is 2. The zero-order valence-electron chi connectivity index (χ0n) is 13.2. The summed E-state index contributed by atoms with van der Waals surface area (Å²) >= 11 is 0. The summed E-state index contributed by atoms with van der Waals surface area (Å²) in [5.41, 5.74) is 2.17. The number of rotatable bonds is 3. The summed E-state index contributed by atoms with van der Waals surface area (Å²) in [4.78, 5) is 26.3. The molecule has 3 fully saturated rings. The number of aliphatic carboxylic acids is 1. The molecule has 0 spiro atoms. The van der Waals surface area contributed by atoms with Crippen molar-refractivity contribution in [2.45, 2.75) is 12.8 Å². The summed E-state index contributed by atoms with van der Waals surface area (Å²) in [5.74, 6) is -0.158. The minimum absolute atomic E-state index is 0.102. The number of likely N-dealkylation sites (tertiary alicyclic amines) is 1. The number of carbonyl (C=O) groups excluding carboxylic acids is 1. The summed E-state index contributed by atoms with van der Waals surface area (Å²) in [6.07, 6.45) is 0. The van der Waals surface area contributed by atoms with E-state index in [1.54, 1.807) is 4.90 Å². The maximum absolute atomic E-state index is 12.8. The number of benzene rings is 1. The van der Waals surface area contributed by atoms with Crippen molar-refractivity contribution < 1.29 is 14.7 Å². The van der Waals surface area contributed by atoms with Crippen LogP contribution in [0.3, 0.4) is 0 Å². The van der Waals surface area contributed by atoms with Crippen LogP contribution in [-0.4, -0.2) is 48.1 Å². The van der Waals surface area contributed by atoms with Gasteiger partial charge in [0.15, 0.2) is 0 Å². The minimum Gasteiger partial charge on any atom is -0.481 e. The molecular weight excluding hydrogens is 292 g/mol. The summed E-state index contributed by atoms with van der Waals surface area (Å²) in [7, 11) is 0. The second-order valence-corrected chi connectivity index (χ2v) is 7.16. The van der Waals surface area contributed by atoms with Gasteiger partial charge in [0.25, 0.3) is 0 Å². The first-order valence-electron chi connectivity index (χ1n) is 8.35. The second-order valence-electron chi connectivity index (χ2n) is 7.16. The molecule has 3 aliphatic rings. The van der Waals surface area contributed by atoms with E-state index in [1.807, 2.05) is 31.2 Å². The van der Waals surface area contributed by atoms with Gasteiger partial charge in [-0.1, -0.05) is 24.3 Å². The van der Waals surface area contributed by atoms with Gasteiger partial charge in [-0.05, 0) is 43.0 Å². The van der Waals surface area contributed by atoms with Crippen LogP contribution in [0, 0.1) is 30.6 Å². The Morgan fingerprint density at radius 2 is 1.87 bits per heavy atom. The Kier molecular flexibility index (Phi) is 3.41. The van der Waals surface area contributed by atoms with E-state index < -0.39 is 11.9 Å². The number of piperidine rings is 1. The first kappa shape index (κ1) is 14.7. The molecule has 5 nitrogen and oxygen atoms in total. The Morgan fingerprint density at radius 3 is 2.52 bits per heavy atom. The van der Waals surface area contributed by atoms with Gasteiger partial charge >= 0.3 is 5.97 Å². The van der Waals surface area contributed by atoms with Crippen molar-refractivity contribution in [3.63, 3.8) is 0 Å². The maximum atomic E-state index is 12.8. The molecule has 2 saturated heterocycles. The van der Waals surface area contributed by atoms with E-state index in [0.717, 1.165) is 24.2 Å². The Morgan fingerprint density at radius 1 is 1.17 bits per heavy atom. The second kappa shape index (κ2) is 5.34. The zero-order valence-corrected chi connectivity index (χ0v) is 13.2. The highest BCUT2D eigenvalue weighted by molar-refractivity contribution is 5.84. The molecule has 0 aromatic heterocycles. The largest absolute Gasteiger partial charge is 0.481 e. The third-order valence-corrected chi connectivity index (χ3v) is 5.91. The molecule has 1 amide bonds. The highest BCUT2D eigenvalue weighted by Gasteiger charge is 2.59. The minimum atomic E-state index is -0.800. The molecule has 23 heavy (non-hydrogen) atoms. The number of carboxylic acid groups (broad SMARTS) is 1. The number of carboxylic acids is 1. The molecule has 5 atom stereocenters. The first-order chi connectivity index (χ1) is 11.1. The fourth-order valence-electron chi connectivity index (χ4n) is 4.55. The van der Waals surface area contributed by atoms with Gasteiger partial charge in [0, 0.05) is 24.9 Å². The quantitative estimate of drug-likeness (QED) is 0.876. The molecule has 4 rings (SSSR count). The van der Waals surface area contributed by atoms with E-state index >= 15 is 0 Å². The average Bonchev–Trinajstić information content (AvgIpc) is 2.93. The van der Waals surface area contributed by atoms with Crippen LogP contribution < -0.4 is 5.32 Å². The molecule has 2 aliphatic heterocycles. The number of aryl methyl sites for hydroxylation is 1. The van der Waals surface area contributed by atoms with Gasteiger partial charge in [0.05, 0.1) is 5.92 Å². The van der Waals surface area contributed by atoms with Crippen molar-refractivity contribution in [2.24, 2.45) is 23.7 Å². The van der Waals surface area contributed by atoms with Crippen molar-refractivity contribution in [3.8, 4) is 0 Å². The molecule has 1 unspecified atom stereocenters. The lowest BCUT2D eigenvalue weighted by molar-refractivity contribution is -0.142. The third-order valence-electron chi connectivity index (χ3n) is 5.91. The molecule has 1 aromatic rings. The number of hydrogen-bond acceptors (Lipinski definition) is 3. The molecule has 0 bridgehead atoms. The van der Waals surface area contributed by atoms with Crippen LogP contribution in [-0.2, 0) is 9.59 Å². The number of nitrogens with zero attached hydrogens (tertiary/aromatic N) is 1. The van der Waals surface area contributed by atoms with Crippen LogP contribution >= 0.6 is 0 Å². The Balaban J connectivity index is 1.55. The van der Waals surface area contributed by atoms with Crippen molar-refractivity contribution in [2.75, 3.05) is 26.2 Å². The van der Waals surface area contributed by atoms with Crippen LogP contribution in [0.2, 0.25) is 0 Å². The fourth-order valence-corrected chi connectivity index (χ4v) is 4.55. The highest BCUT2D eigenvalue weighted by Crippen LogP contribution is 2.50. The van der Waals surface area contributed by atoms with Crippen LogP contribution in [0.25, 0.3) is 0 Å². The lowest BCUT2D eigenvalue weighted by Gasteiger charge is -2.18. The van der Waals surface area contributed by atoms with Crippen molar-refractivity contribution in [1.82, 2.24) is 10.2 Å². The molecule has 1 aromatic carbocycles. The van der Waals surface area contributed by atoms with E-state index in [2.05, 4.69) is 5.32 Å². The van der Waals surface area contributed by atoms with Gasteiger partial charge < -0.3 is 15.3 Å². The molecule has 0 radical (unpaired) electrons. The molecule has 1 aliphatic carbocycles. The number of amides is 1. The molecule has 122 valence electrons. The lowest BCUT2D eigenvalue weighted by atomic mass is 9.86. The molecular formula is C18H22N2O3. The molecule has 2 N–H and O–H groups in total. The molecule has 1 saturated carbocycles. The molecule has 2 heterocycles. The van der Waals surface area contributed by atoms with Crippen LogP contribution in [0.1, 0.15) is 17.0 Å². The SMILES string of the molecule is Cc1ccccc1[C@@H]1CN(C(=O)C2[C@H]3CNC[C@@H]23)C[C@H]1C(=O)O. The van der Waals surface area contributed by atoms with E-state index in [0.29, 0.717) is 24.9 Å². The van der Waals surface area contributed by atoms with Crippen LogP contribution in [0.15, 0.2) is 24.3 Å². The van der Waals surface area contributed by atoms with E-state index in [-0.39, 0.29) is 17.7 Å². The van der Waals surface area contributed by atoms with Crippen LogP contribution in [0.4, 0.5) is 0 Å². The number of hydrogen-bond donors (Lipinski definition) is 2. The van der Waals surface area contributed by atoms with Gasteiger partial charge in [-0.15, -0.1) is 0 Å². The van der Waals surface area contributed by atoms with E-state index in [4.69, 9.17) is 0 Å². The van der Waals surface area contributed by atoms with Crippen molar-refractivity contribution >= 4 is 11.9 Å².